The van der Waals surface area contributed by atoms with Gasteiger partial charge in [0.1, 0.15) is 9.75 Å². The summed E-state index contributed by atoms with van der Waals surface area (Å²) in [6, 6.07) is 10.5. The van der Waals surface area contributed by atoms with Crippen LogP contribution in [0.1, 0.15) is 24.4 Å². The predicted octanol–water partition coefficient (Wildman–Crippen LogP) is 4.54. The van der Waals surface area contributed by atoms with Crippen LogP contribution in [-0.4, -0.2) is 23.9 Å². The quantitative estimate of drug-likeness (QED) is 0.604. The number of sulfone groups is 1. The molecule has 0 aliphatic rings. The van der Waals surface area contributed by atoms with Crippen LogP contribution >= 0.6 is 22.7 Å². The second-order valence-corrected chi connectivity index (χ2v) is 10.9. The van der Waals surface area contributed by atoms with E-state index in [1.807, 2.05) is 29.8 Å². The van der Waals surface area contributed by atoms with E-state index in [0.717, 1.165) is 16.1 Å². The van der Waals surface area contributed by atoms with E-state index in [9.17, 15) is 13.2 Å². The van der Waals surface area contributed by atoms with Crippen LogP contribution in [0.3, 0.4) is 0 Å². The summed E-state index contributed by atoms with van der Waals surface area (Å²) in [6.45, 7) is 4.83. The highest BCUT2D eigenvalue weighted by Gasteiger charge is 2.42. The second kappa shape index (κ2) is 7.06. The Balaban J connectivity index is 1.83. The van der Waals surface area contributed by atoms with E-state index in [1.54, 1.807) is 35.6 Å². The van der Waals surface area contributed by atoms with Crippen LogP contribution in [0.2, 0.25) is 0 Å². The Morgan fingerprint density at radius 2 is 1.81 bits per heavy atom. The van der Waals surface area contributed by atoms with E-state index in [1.165, 1.54) is 25.2 Å². The summed E-state index contributed by atoms with van der Waals surface area (Å²) in [6.07, 6.45) is 0.00807. The third kappa shape index (κ3) is 3.51. The maximum absolute atomic E-state index is 13.0. The van der Waals surface area contributed by atoms with Crippen LogP contribution in [0.5, 0.6) is 0 Å². The van der Waals surface area contributed by atoms with Gasteiger partial charge in [0.05, 0.1) is 21.9 Å². The normalized spacial score (nSPS) is 12.3. The van der Waals surface area contributed by atoms with Crippen LogP contribution < -0.4 is 0 Å². The summed E-state index contributed by atoms with van der Waals surface area (Å²) in [5, 5.41) is 4.50. The molecule has 0 radical (unpaired) electrons. The van der Waals surface area contributed by atoms with Gasteiger partial charge >= 0.3 is 0 Å². The number of aromatic nitrogens is 1. The molecule has 0 N–H and O–H groups in total. The lowest BCUT2D eigenvalue weighted by atomic mass is 10.1. The van der Waals surface area contributed by atoms with Crippen molar-refractivity contribution in [3.8, 4) is 10.6 Å². The highest BCUT2D eigenvalue weighted by atomic mass is 32.2. The smallest absolute Gasteiger partial charge is 0.190 e. The van der Waals surface area contributed by atoms with Crippen molar-refractivity contribution in [1.29, 1.82) is 0 Å². The molecule has 26 heavy (non-hydrogen) atoms. The van der Waals surface area contributed by atoms with E-state index in [2.05, 4.69) is 4.98 Å². The Labute approximate surface area is 161 Å². The first-order valence-corrected chi connectivity index (χ1v) is 11.3. The van der Waals surface area contributed by atoms with Crippen molar-refractivity contribution in [2.45, 2.75) is 36.8 Å². The molecule has 3 aromatic rings. The van der Waals surface area contributed by atoms with Crippen molar-refractivity contribution < 1.29 is 13.2 Å². The molecule has 2 heterocycles. The van der Waals surface area contributed by atoms with E-state index < -0.39 is 14.6 Å². The van der Waals surface area contributed by atoms with E-state index >= 15 is 0 Å². The molecular formula is C19H19NO3S3. The number of hydrogen-bond acceptors (Lipinski definition) is 6. The summed E-state index contributed by atoms with van der Waals surface area (Å²) >= 11 is 2.96. The van der Waals surface area contributed by atoms with Gasteiger partial charge in [-0.25, -0.2) is 13.4 Å². The average Bonchev–Trinajstić information content (AvgIpc) is 3.26. The molecule has 0 fully saturated rings. The monoisotopic (exact) mass is 405 g/mol. The number of ketones is 1. The van der Waals surface area contributed by atoms with Gasteiger partial charge in [-0.05, 0) is 44.4 Å². The molecule has 0 saturated heterocycles. The first kappa shape index (κ1) is 18.9. The van der Waals surface area contributed by atoms with Gasteiger partial charge < -0.3 is 0 Å². The van der Waals surface area contributed by atoms with Crippen molar-refractivity contribution in [1.82, 2.24) is 4.98 Å². The van der Waals surface area contributed by atoms with Crippen molar-refractivity contribution in [3.05, 3.63) is 57.7 Å². The fourth-order valence-corrected chi connectivity index (χ4v) is 5.45. The van der Waals surface area contributed by atoms with Crippen LogP contribution in [0.25, 0.3) is 10.6 Å². The van der Waals surface area contributed by atoms with Crippen LogP contribution in [0, 0.1) is 6.92 Å². The van der Waals surface area contributed by atoms with E-state index in [4.69, 9.17) is 0 Å². The molecule has 0 atom stereocenters. The number of carbonyl (C=O) groups is 1. The van der Waals surface area contributed by atoms with E-state index in [-0.39, 0.29) is 17.1 Å². The zero-order valence-electron chi connectivity index (χ0n) is 14.7. The number of hydrogen-bond donors (Lipinski definition) is 0. The molecule has 1 aromatic carbocycles. The zero-order valence-corrected chi connectivity index (χ0v) is 17.2. The maximum atomic E-state index is 13.0. The first-order chi connectivity index (χ1) is 12.2. The van der Waals surface area contributed by atoms with E-state index in [0.29, 0.717) is 5.01 Å². The lowest BCUT2D eigenvalue weighted by molar-refractivity contribution is -0.120. The van der Waals surface area contributed by atoms with Gasteiger partial charge in [-0.3, -0.25) is 4.79 Å². The molecule has 0 amide bonds. The molecule has 2 aromatic heterocycles. The number of rotatable bonds is 6. The molecule has 7 heteroatoms. The van der Waals surface area contributed by atoms with Crippen molar-refractivity contribution in [2.24, 2.45) is 0 Å². The number of Topliss-reactive ketones (excluding diaryl/α,β-unsaturated/α-hetero) is 1. The summed E-state index contributed by atoms with van der Waals surface area (Å²) in [5.74, 6) is -0.356. The fourth-order valence-electron chi connectivity index (χ4n) is 2.44. The lowest BCUT2D eigenvalue weighted by Gasteiger charge is -2.23. The van der Waals surface area contributed by atoms with Gasteiger partial charge in [-0.1, -0.05) is 23.8 Å². The topological polar surface area (TPSA) is 64.1 Å². The minimum atomic E-state index is -3.78. The molecule has 3 rings (SSSR count). The number of carbonyl (C=O) groups excluding carboxylic acids is 1. The summed E-state index contributed by atoms with van der Waals surface area (Å²) < 4.78 is 24.4. The van der Waals surface area contributed by atoms with Gasteiger partial charge in [0.25, 0.3) is 0 Å². The third-order valence-electron chi connectivity index (χ3n) is 4.31. The number of thiazole rings is 1. The number of aryl methyl sites for hydroxylation is 1. The SMILES string of the molecule is Cc1ccc(S(=O)(=O)C(C)(C)C(=O)Cc2nc(-c3cccs3)cs2)cc1. The Morgan fingerprint density at radius 3 is 2.42 bits per heavy atom. The standard InChI is InChI=1S/C19H19NO3S3/c1-13-6-8-14(9-7-13)26(22,23)19(2,3)17(21)11-18-20-15(12-25-18)16-5-4-10-24-16/h4-10,12H,11H2,1-3H3. The van der Waals surface area contributed by atoms with Crippen molar-refractivity contribution >= 4 is 38.3 Å². The van der Waals surface area contributed by atoms with Gasteiger partial charge in [0, 0.05) is 5.38 Å². The molecule has 136 valence electrons. The highest BCUT2D eigenvalue weighted by Crippen LogP contribution is 2.30. The molecule has 0 saturated carbocycles. The molecular weight excluding hydrogens is 386 g/mol. The molecule has 0 unspecified atom stereocenters. The summed E-state index contributed by atoms with van der Waals surface area (Å²) in [7, 11) is -3.78. The minimum Gasteiger partial charge on any atom is -0.297 e. The fraction of sp³-hybridized carbons (Fsp3) is 0.263. The summed E-state index contributed by atoms with van der Waals surface area (Å²) in [5.41, 5.74) is 1.80. The molecule has 0 bridgehead atoms. The zero-order chi connectivity index (χ0) is 18.9. The number of nitrogens with zero attached hydrogens (tertiary/aromatic N) is 1. The Morgan fingerprint density at radius 1 is 1.12 bits per heavy atom. The highest BCUT2D eigenvalue weighted by molar-refractivity contribution is 7.93. The minimum absolute atomic E-state index is 0.00807. The van der Waals surface area contributed by atoms with Crippen molar-refractivity contribution in [2.75, 3.05) is 0 Å². The first-order valence-electron chi connectivity index (χ1n) is 8.05. The summed E-state index contributed by atoms with van der Waals surface area (Å²) in [4.78, 5) is 18.5. The van der Waals surface area contributed by atoms with Crippen LogP contribution in [0.15, 0.2) is 52.1 Å². The Bertz CT molecular complexity index is 1010. The molecule has 4 nitrogen and oxygen atoms in total. The molecule has 0 spiro atoms. The van der Waals surface area contributed by atoms with Crippen LogP contribution in [-0.2, 0) is 21.1 Å². The number of benzene rings is 1. The molecule has 0 aliphatic carbocycles. The van der Waals surface area contributed by atoms with Gasteiger partial charge in [0.15, 0.2) is 15.6 Å². The largest absolute Gasteiger partial charge is 0.297 e. The Kier molecular flexibility index (Phi) is 5.14. The van der Waals surface area contributed by atoms with Gasteiger partial charge in [-0.15, -0.1) is 22.7 Å². The maximum Gasteiger partial charge on any atom is 0.190 e. The van der Waals surface area contributed by atoms with Gasteiger partial charge in [-0.2, -0.15) is 0 Å². The van der Waals surface area contributed by atoms with Crippen LogP contribution in [0.4, 0.5) is 0 Å². The van der Waals surface area contributed by atoms with Gasteiger partial charge in [0.2, 0.25) is 0 Å². The average molecular weight is 406 g/mol. The second-order valence-electron chi connectivity index (χ2n) is 6.53. The third-order valence-corrected chi connectivity index (χ3v) is 8.52. The number of thiophene rings is 1. The predicted molar refractivity (Wildman–Crippen MR) is 107 cm³/mol. The lowest BCUT2D eigenvalue weighted by Crippen LogP contribution is -2.41. The Hall–Kier alpha value is -1.83. The molecule has 0 aliphatic heterocycles. The van der Waals surface area contributed by atoms with Crippen molar-refractivity contribution in [3.63, 3.8) is 0 Å².